The fraction of sp³-hybridized carbons (Fsp3) is 0.308. The lowest BCUT2D eigenvalue weighted by Gasteiger charge is -1.98. The molecular formula is C13H16N2S. The molecule has 1 aromatic carbocycles. The van der Waals surface area contributed by atoms with Crippen LogP contribution in [0.15, 0.2) is 29.6 Å². The molecule has 1 heterocycles. The summed E-state index contributed by atoms with van der Waals surface area (Å²) in [7, 11) is 0. The first-order valence-corrected chi connectivity index (χ1v) is 6.39. The molecule has 0 aliphatic carbocycles. The molecule has 0 saturated heterocycles. The predicted molar refractivity (Wildman–Crippen MR) is 69.7 cm³/mol. The van der Waals surface area contributed by atoms with Crippen LogP contribution < -0.4 is 5.32 Å². The van der Waals surface area contributed by atoms with Crippen LogP contribution >= 0.6 is 11.3 Å². The summed E-state index contributed by atoms with van der Waals surface area (Å²) < 4.78 is 0. The van der Waals surface area contributed by atoms with Crippen molar-refractivity contribution in [2.75, 3.05) is 6.54 Å². The Morgan fingerprint density at radius 2 is 2.00 bits per heavy atom. The van der Waals surface area contributed by atoms with Gasteiger partial charge in [-0.25, -0.2) is 4.98 Å². The van der Waals surface area contributed by atoms with E-state index in [1.54, 1.807) is 11.3 Å². The van der Waals surface area contributed by atoms with Gasteiger partial charge in [0.1, 0.15) is 5.01 Å². The summed E-state index contributed by atoms with van der Waals surface area (Å²) in [5.41, 5.74) is 3.56. The summed E-state index contributed by atoms with van der Waals surface area (Å²) in [4.78, 5) is 4.60. The van der Waals surface area contributed by atoms with Crippen molar-refractivity contribution in [3.63, 3.8) is 0 Å². The summed E-state index contributed by atoms with van der Waals surface area (Å²) in [5.74, 6) is 0. The average molecular weight is 232 g/mol. The number of thiazole rings is 1. The van der Waals surface area contributed by atoms with E-state index in [-0.39, 0.29) is 0 Å². The number of benzene rings is 1. The van der Waals surface area contributed by atoms with Crippen LogP contribution in [0.25, 0.3) is 11.3 Å². The number of rotatable bonds is 4. The number of hydrogen-bond acceptors (Lipinski definition) is 3. The van der Waals surface area contributed by atoms with Crippen LogP contribution in [-0.4, -0.2) is 11.5 Å². The van der Waals surface area contributed by atoms with E-state index in [0.29, 0.717) is 0 Å². The first kappa shape index (κ1) is 11.3. The summed E-state index contributed by atoms with van der Waals surface area (Å²) in [6.45, 7) is 6.06. The van der Waals surface area contributed by atoms with Gasteiger partial charge in [0.05, 0.1) is 5.69 Å². The number of hydrogen-bond donors (Lipinski definition) is 1. The predicted octanol–water partition coefficient (Wildman–Crippen LogP) is 3.23. The molecule has 0 saturated carbocycles. The van der Waals surface area contributed by atoms with Gasteiger partial charge in [-0.15, -0.1) is 11.3 Å². The molecule has 16 heavy (non-hydrogen) atoms. The third-order valence-electron chi connectivity index (χ3n) is 2.43. The highest BCUT2D eigenvalue weighted by molar-refractivity contribution is 7.09. The standard InChI is InChI=1S/C13H16N2S/c1-3-14-8-13-15-12(9-16-13)11-6-4-10(2)5-7-11/h4-7,9,14H,3,8H2,1-2H3. The number of aryl methyl sites for hydroxylation is 1. The van der Waals surface area contributed by atoms with Gasteiger partial charge >= 0.3 is 0 Å². The van der Waals surface area contributed by atoms with E-state index in [9.17, 15) is 0 Å². The van der Waals surface area contributed by atoms with Gasteiger partial charge in [-0.2, -0.15) is 0 Å². The molecule has 1 N–H and O–H groups in total. The summed E-state index contributed by atoms with van der Waals surface area (Å²) in [5, 5.41) is 6.56. The van der Waals surface area contributed by atoms with Gasteiger partial charge in [0.15, 0.2) is 0 Å². The van der Waals surface area contributed by atoms with Crippen molar-refractivity contribution in [1.82, 2.24) is 10.3 Å². The fourth-order valence-electron chi connectivity index (χ4n) is 1.48. The molecule has 0 fully saturated rings. The van der Waals surface area contributed by atoms with E-state index < -0.39 is 0 Å². The Hall–Kier alpha value is -1.19. The lowest BCUT2D eigenvalue weighted by atomic mass is 10.1. The molecular weight excluding hydrogens is 216 g/mol. The van der Waals surface area contributed by atoms with E-state index in [2.05, 4.69) is 53.8 Å². The lowest BCUT2D eigenvalue weighted by molar-refractivity contribution is 0.723. The SMILES string of the molecule is CCNCc1nc(-c2ccc(C)cc2)cs1. The zero-order valence-corrected chi connectivity index (χ0v) is 10.5. The molecule has 0 spiro atoms. The van der Waals surface area contributed by atoms with Gasteiger partial charge in [-0.3, -0.25) is 0 Å². The van der Waals surface area contributed by atoms with Crippen LogP contribution in [0.1, 0.15) is 17.5 Å². The van der Waals surface area contributed by atoms with E-state index in [1.165, 1.54) is 11.1 Å². The summed E-state index contributed by atoms with van der Waals surface area (Å²) in [6.07, 6.45) is 0. The van der Waals surface area contributed by atoms with Crippen molar-refractivity contribution < 1.29 is 0 Å². The quantitative estimate of drug-likeness (QED) is 0.875. The molecule has 2 rings (SSSR count). The lowest BCUT2D eigenvalue weighted by Crippen LogP contribution is -2.11. The maximum absolute atomic E-state index is 4.60. The van der Waals surface area contributed by atoms with Crippen molar-refractivity contribution in [1.29, 1.82) is 0 Å². The third kappa shape index (κ3) is 2.68. The second-order valence-electron chi connectivity index (χ2n) is 3.77. The molecule has 0 aliphatic heterocycles. The Labute approximate surface area is 100 Å². The first-order chi connectivity index (χ1) is 7.79. The third-order valence-corrected chi connectivity index (χ3v) is 3.27. The molecule has 0 amide bonds. The van der Waals surface area contributed by atoms with E-state index in [1.807, 2.05) is 0 Å². The topological polar surface area (TPSA) is 24.9 Å². The van der Waals surface area contributed by atoms with Crippen LogP contribution in [0, 0.1) is 6.92 Å². The second-order valence-corrected chi connectivity index (χ2v) is 4.72. The monoisotopic (exact) mass is 232 g/mol. The van der Waals surface area contributed by atoms with Gasteiger partial charge in [-0.1, -0.05) is 36.8 Å². The zero-order chi connectivity index (χ0) is 11.4. The number of nitrogens with zero attached hydrogens (tertiary/aromatic N) is 1. The molecule has 2 aromatic rings. The van der Waals surface area contributed by atoms with Crippen LogP contribution in [0.2, 0.25) is 0 Å². The molecule has 0 aliphatic rings. The molecule has 0 bridgehead atoms. The van der Waals surface area contributed by atoms with Gasteiger partial charge in [-0.05, 0) is 13.5 Å². The second kappa shape index (κ2) is 5.23. The Kier molecular flexibility index (Phi) is 3.70. The minimum Gasteiger partial charge on any atom is -0.311 e. The summed E-state index contributed by atoms with van der Waals surface area (Å²) >= 11 is 1.71. The van der Waals surface area contributed by atoms with Gasteiger partial charge < -0.3 is 5.32 Å². The largest absolute Gasteiger partial charge is 0.311 e. The van der Waals surface area contributed by atoms with Crippen molar-refractivity contribution in [2.24, 2.45) is 0 Å². The van der Waals surface area contributed by atoms with Crippen molar-refractivity contribution >= 4 is 11.3 Å². The van der Waals surface area contributed by atoms with Gasteiger partial charge in [0.25, 0.3) is 0 Å². The fourth-order valence-corrected chi connectivity index (χ4v) is 2.25. The molecule has 0 unspecified atom stereocenters. The highest BCUT2D eigenvalue weighted by atomic mass is 32.1. The number of nitrogens with one attached hydrogen (secondary N) is 1. The van der Waals surface area contributed by atoms with Crippen molar-refractivity contribution in [3.8, 4) is 11.3 Å². The molecule has 84 valence electrons. The van der Waals surface area contributed by atoms with E-state index in [0.717, 1.165) is 23.8 Å². The van der Waals surface area contributed by atoms with E-state index >= 15 is 0 Å². The maximum Gasteiger partial charge on any atom is 0.107 e. The van der Waals surface area contributed by atoms with Crippen molar-refractivity contribution in [2.45, 2.75) is 20.4 Å². The smallest absolute Gasteiger partial charge is 0.107 e. The highest BCUT2D eigenvalue weighted by Gasteiger charge is 2.03. The molecule has 0 atom stereocenters. The van der Waals surface area contributed by atoms with Crippen LogP contribution in [0.3, 0.4) is 0 Å². The Morgan fingerprint density at radius 3 is 2.69 bits per heavy atom. The van der Waals surface area contributed by atoms with Gasteiger partial charge in [0, 0.05) is 17.5 Å². The van der Waals surface area contributed by atoms with E-state index in [4.69, 9.17) is 0 Å². The minimum absolute atomic E-state index is 0.868. The van der Waals surface area contributed by atoms with Crippen molar-refractivity contribution in [3.05, 3.63) is 40.2 Å². The Morgan fingerprint density at radius 1 is 1.25 bits per heavy atom. The maximum atomic E-state index is 4.60. The average Bonchev–Trinajstić information content (AvgIpc) is 2.76. The molecule has 1 aromatic heterocycles. The minimum atomic E-state index is 0.868. The van der Waals surface area contributed by atoms with Crippen LogP contribution in [0.5, 0.6) is 0 Å². The Bertz CT molecular complexity index is 445. The molecule has 0 radical (unpaired) electrons. The number of aromatic nitrogens is 1. The Balaban J connectivity index is 2.15. The summed E-state index contributed by atoms with van der Waals surface area (Å²) in [6, 6.07) is 8.50. The molecule has 2 nitrogen and oxygen atoms in total. The normalized spacial score (nSPS) is 10.6. The highest BCUT2D eigenvalue weighted by Crippen LogP contribution is 2.22. The first-order valence-electron chi connectivity index (χ1n) is 5.51. The zero-order valence-electron chi connectivity index (χ0n) is 9.66. The van der Waals surface area contributed by atoms with Crippen LogP contribution in [-0.2, 0) is 6.54 Å². The van der Waals surface area contributed by atoms with Gasteiger partial charge in [0.2, 0.25) is 0 Å². The molecule has 3 heteroatoms. The van der Waals surface area contributed by atoms with Crippen LogP contribution in [0.4, 0.5) is 0 Å².